The second-order valence-corrected chi connectivity index (χ2v) is 8.28. The first kappa shape index (κ1) is 20.4. The average Bonchev–Trinajstić information content (AvgIpc) is 3.52. The Morgan fingerprint density at radius 2 is 1.94 bits per heavy atom. The van der Waals surface area contributed by atoms with Crippen LogP contribution in [0.2, 0.25) is 0 Å². The summed E-state index contributed by atoms with van der Waals surface area (Å²) >= 11 is 0. The second kappa shape index (κ2) is 7.90. The van der Waals surface area contributed by atoms with Crippen LogP contribution in [0.15, 0.2) is 43.2 Å². The standard InChI is InChI=1S/C22H22N10O/c1-13-9-31(22-25-5-14(4-23)6-26-22)12-18(13)29-20-17(21(24)33)8-28-32-11-15(3-19(20)32)16-7-27-30(2)10-16/h3,5-8,10-11,13,18,29H,9,12H2,1-2H3,(H2,24,33)/t13-,18+/m0/s1. The molecule has 0 radical (unpaired) electrons. The van der Waals surface area contributed by atoms with Gasteiger partial charge in [0.25, 0.3) is 5.91 Å². The molecule has 4 aromatic rings. The number of primary amides is 1. The minimum absolute atomic E-state index is 0.0188. The lowest BCUT2D eigenvalue weighted by Gasteiger charge is -2.20. The van der Waals surface area contributed by atoms with E-state index in [1.165, 1.54) is 18.6 Å². The van der Waals surface area contributed by atoms with Gasteiger partial charge in [-0.2, -0.15) is 15.5 Å². The first-order valence-corrected chi connectivity index (χ1v) is 10.5. The Bertz CT molecular complexity index is 1380. The molecule has 33 heavy (non-hydrogen) atoms. The number of carbonyl (C=O) groups is 1. The van der Waals surface area contributed by atoms with E-state index < -0.39 is 5.91 Å². The highest BCUT2D eigenvalue weighted by atomic mass is 16.1. The van der Waals surface area contributed by atoms with Crippen LogP contribution in [-0.4, -0.2) is 54.4 Å². The van der Waals surface area contributed by atoms with E-state index >= 15 is 0 Å². The van der Waals surface area contributed by atoms with Crippen LogP contribution in [0, 0.1) is 17.2 Å². The van der Waals surface area contributed by atoms with Crippen LogP contribution in [0.1, 0.15) is 22.8 Å². The monoisotopic (exact) mass is 442 g/mol. The maximum absolute atomic E-state index is 12.2. The Labute approximate surface area is 189 Å². The van der Waals surface area contributed by atoms with Gasteiger partial charge in [0.1, 0.15) is 6.07 Å². The van der Waals surface area contributed by atoms with Gasteiger partial charge in [-0.3, -0.25) is 9.48 Å². The maximum atomic E-state index is 12.2. The molecule has 166 valence electrons. The molecule has 0 saturated carbocycles. The number of nitrogens with one attached hydrogen (secondary N) is 1. The van der Waals surface area contributed by atoms with Crippen molar-refractivity contribution in [2.45, 2.75) is 13.0 Å². The van der Waals surface area contributed by atoms with Crippen molar-refractivity contribution in [1.29, 1.82) is 5.26 Å². The Morgan fingerprint density at radius 3 is 2.61 bits per heavy atom. The van der Waals surface area contributed by atoms with Gasteiger partial charge in [0.15, 0.2) is 0 Å². The van der Waals surface area contributed by atoms with Gasteiger partial charge in [0, 0.05) is 49.7 Å². The zero-order chi connectivity index (χ0) is 23.1. The van der Waals surface area contributed by atoms with Gasteiger partial charge in [0.05, 0.1) is 47.1 Å². The third-order valence-corrected chi connectivity index (χ3v) is 5.93. The molecule has 1 amide bonds. The predicted molar refractivity (Wildman–Crippen MR) is 121 cm³/mol. The molecule has 3 N–H and O–H groups in total. The van der Waals surface area contributed by atoms with Crippen molar-refractivity contribution >= 4 is 23.1 Å². The van der Waals surface area contributed by atoms with Crippen LogP contribution in [0.25, 0.3) is 16.6 Å². The van der Waals surface area contributed by atoms with Gasteiger partial charge in [-0.25, -0.2) is 14.5 Å². The lowest BCUT2D eigenvalue weighted by atomic mass is 10.1. The Kier molecular flexibility index (Phi) is 4.90. The molecule has 11 nitrogen and oxygen atoms in total. The molecule has 1 aliphatic rings. The number of rotatable bonds is 5. The number of hydrogen-bond acceptors (Lipinski definition) is 8. The minimum atomic E-state index is -0.547. The van der Waals surface area contributed by atoms with Gasteiger partial charge in [-0.1, -0.05) is 6.92 Å². The van der Waals surface area contributed by atoms with Crippen molar-refractivity contribution in [2.24, 2.45) is 18.7 Å². The van der Waals surface area contributed by atoms with E-state index in [0.717, 1.165) is 23.2 Å². The highest BCUT2D eigenvalue weighted by Gasteiger charge is 2.32. The summed E-state index contributed by atoms with van der Waals surface area (Å²) in [4.78, 5) is 22.9. The van der Waals surface area contributed by atoms with Gasteiger partial charge in [-0.05, 0) is 12.0 Å². The molecule has 0 bridgehead atoms. The van der Waals surface area contributed by atoms with Crippen molar-refractivity contribution in [3.8, 4) is 17.2 Å². The normalized spacial score (nSPS) is 17.9. The summed E-state index contributed by atoms with van der Waals surface area (Å²) in [6.45, 7) is 3.50. The SMILES string of the molecule is C[C@H]1CN(c2ncc(C#N)cn2)C[C@H]1Nc1c(C(N)=O)cnn2cc(-c3cnn(C)c3)cc12. The first-order valence-electron chi connectivity index (χ1n) is 10.5. The molecular weight excluding hydrogens is 420 g/mol. The first-order chi connectivity index (χ1) is 15.9. The van der Waals surface area contributed by atoms with Gasteiger partial charge in [-0.15, -0.1) is 0 Å². The third kappa shape index (κ3) is 3.71. The average molecular weight is 442 g/mol. The van der Waals surface area contributed by atoms with Crippen LogP contribution in [-0.2, 0) is 7.05 Å². The summed E-state index contributed by atoms with van der Waals surface area (Å²) in [7, 11) is 1.86. The Hall–Kier alpha value is -4.46. The number of hydrogen-bond donors (Lipinski definition) is 2. The Morgan fingerprint density at radius 1 is 1.15 bits per heavy atom. The number of nitrogens with two attached hydrogens (primary N) is 1. The molecule has 11 heteroatoms. The topological polar surface area (TPSA) is 143 Å². The molecule has 0 aromatic carbocycles. The fraction of sp³-hybridized carbons (Fsp3) is 0.273. The number of carbonyl (C=O) groups excluding carboxylic acids is 1. The molecule has 2 atom stereocenters. The molecule has 1 fully saturated rings. The maximum Gasteiger partial charge on any atom is 0.252 e. The summed E-state index contributed by atoms with van der Waals surface area (Å²) in [6.07, 6.45) is 10.1. The van der Waals surface area contributed by atoms with Crippen LogP contribution in [0.3, 0.4) is 0 Å². The number of aryl methyl sites for hydroxylation is 1. The van der Waals surface area contributed by atoms with E-state index in [0.29, 0.717) is 29.3 Å². The zero-order valence-corrected chi connectivity index (χ0v) is 18.2. The van der Waals surface area contributed by atoms with E-state index in [2.05, 4.69) is 37.3 Å². The number of nitriles is 1. The second-order valence-electron chi connectivity index (χ2n) is 8.28. The van der Waals surface area contributed by atoms with Crippen molar-refractivity contribution < 1.29 is 4.79 Å². The summed E-state index contributed by atoms with van der Waals surface area (Å²) in [6, 6.07) is 4.02. The summed E-state index contributed by atoms with van der Waals surface area (Å²) in [5.74, 6) is 0.266. The molecule has 5 heterocycles. The predicted octanol–water partition coefficient (Wildman–Crippen LogP) is 1.43. The van der Waals surface area contributed by atoms with Crippen molar-refractivity contribution in [3.05, 3.63) is 54.4 Å². The van der Waals surface area contributed by atoms with Crippen molar-refractivity contribution in [1.82, 2.24) is 29.4 Å². The largest absolute Gasteiger partial charge is 0.378 e. The minimum Gasteiger partial charge on any atom is -0.378 e. The van der Waals surface area contributed by atoms with Crippen molar-refractivity contribution in [2.75, 3.05) is 23.3 Å². The molecule has 1 saturated heterocycles. The molecule has 4 aromatic heterocycles. The molecule has 1 aliphatic heterocycles. The fourth-order valence-electron chi connectivity index (χ4n) is 4.17. The van der Waals surface area contributed by atoms with E-state index in [-0.39, 0.29) is 12.0 Å². The van der Waals surface area contributed by atoms with E-state index in [1.807, 2.05) is 31.6 Å². The number of fused-ring (bicyclic) bond motifs is 1. The van der Waals surface area contributed by atoms with Gasteiger partial charge in [0.2, 0.25) is 5.95 Å². The number of nitrogens with zero attached hydrogens (tertiary/aromatic N) is 8. The lowest BCUT2D eigenvalue weighted by molar-refractivity contribution is 0.100. The van der Waals surface area contributed by atoms with E-state index in [4.69, 9.17) is 11.0 Å². The van der Waals surface area contributed by atoms with Crippen LogP contribution >= 0.6 is 0 Å². The lowest BCUT2D eigenvalue weighted by Crippen LogP contribution is -2.30. The fourth-order valence-corrected chi connectivity index (χ4v) is 4.17. The van der Waals surface area contributed by atoms with Crippen molar-refractivity contribution in [3.63, 3.8) is 0 Å². The van der Waals surface area contributed by atoms with Crippen LogP contribution < -0.4 is 16.0 Å². The van der Waals surface area contributed by atoms with E-state index in [1.54, 1.807) is 15.4 Å². The highest BCUT2D eigenvalue weighted by Crippen LogP contribution is 2.31. The molecule has 5 rings (SSSR count). The number of anilines is 2. The molecular formula is C22H22N10O. The zero-order valence-electron chi connectivity index (χ0n) is 18.2. The van der Waals surface area contributed by atoms with Crippen LogP contribution in [0.4, 0.5) is 11.6 Å². The summed E-state index contributed by atoms with van der Waals surface area (Å²) in [5, 5.41) is 21.1. The summed E-state index contributed by atoms with van der Waals surface area (Å²) in [5.41, 5.74) is 9.72. The van der Waals surface area contributed by atoms with Crippen LogP contribution in [0.5, 0.6) is 0 Å². The van der Waals surface area contributed by atoms with Gasteiger partial charge < -0.3 is 16.0 Å². The highest BCUT2D eigenvalue weighted by molar-refractivity contribution is 6.02. The quantitative estimate of drug-likeness (QED) is 0.472. The van der Waals surface area contributed by atoms with E-state index in [9.17, 15) is 4.79 Å². The van der Waals surface area contributed by atoms with Gasteiger partial charge >= 0.3 is 0 Å². The molecule has 0 spiro atoms. The Balaban J connectivity index is 1.48. The number of aromatic nitrogens is 6. The number of amides is 1. The summed E-state index contributed by atoms with van der Waals surface area (Å²) < 4.78 is 3.47. The smallest absolute Gasteiger partial charge is 0.252 e. The molecule has 0 unspecified atom stereocenters. The third-order valence-electron chi connectivity index (χ3n) is 5.93. The molecule has 0 aliphatic carbocycles.